The molecule has 1 fully saturated rings. The summed E-state index contributed by atoms with van der Waals surface area (Å²) >= 11 is 6.01. The molecule has 1 aliphatic heterocycles. The van der Waals surface area contributed by atoms with E-state index in [0.29, 0.717) is 12.2 Å². The molecular weight excluding hydrogens is 306 g/mol. The average Bonchev–Trinajstić information content (AvgIpc) is 2.76. The van der Waals surface area contributed by atoms with Crippen LogP contribution in [0.5, 0.6) is 11.5 Å². The van der Waals surface area contributed by atoms with Gasteiger partial charge in [0.25, 0.3) is 5.91 Å². The molecule has 1 heterocycles. The second kappa shape index (κ2) is 5.49. The molecule has 1 aliphatic rings. The molecule has 0 saturated carbocycles. The Morgan fingerprint density at radius 2 is 2.00 bits per heavy atom. The summed E-state index contributed by atoms with van der Waals surface area (Å²) in [5.74, 6) is -0.0416. The maximum Gasteiger partial charge on any atom is 0.267 e. The SMILES string of the molecule is COc1cc(C(=O)N2CCCS2(=O)=O)cc(Cl)c1OC. The molecule has 2 rings (SSSR count). The third-order valence-electron chi connectivity index (χ3n) is 3.01. The number of benzene rings is 1. The van der Waals surface area contributed by atoms with Crippen LogP contribution in [0.4, 0.5) is 0 Å². The fourth-order valence-corrected chi connectivity index (χ4v) is 3.82. The fourth-order valence-electron chi connectivity index (χ4n) is 2.05. The van der Waals surface area contributed by atoms with Crippen LogP contribution in [0.15, 0.2) is 12.1 Å². The van der Waals surface area contributed by atoms with Crippen LogP contribution >= 0.6 is 11.6 Å². The van der Waals surface area contributed by atoms with Crippen LogP contribution in [-0.4, -0.2) is 45.1 Å². The van der Waals surface area contributed by atoms with E-state index in [-0.39, 0.29) is 28.6 Å². The zero-order valence-electron chi connectivity index (χ0n) is 11.1. The topological polar surface area (TPSA) is 72.9 Å². The lowest BCUT2D eigenvalue weighted by Gasteiger charge is -2.16. The Bertz CT molecular complexity index is 643. The number of amides is 1. The van der Waals surface area contributed by atoms with E-state index in [9.17, 15) is 13.2 Å². The highest BCUT2D eigenvalue weighted by Gasteiger charge is 2.33. The first-order chi connectivity index (χ1) is 9.40. The molecule has 20 heavy (non-hydrogen) atoms. The highest BCUT2D eigenvalue weighted by Crippen LogP contribution is 2.36. The summed E-state index contributed by atoms with van der Waals surface area (Å²) < 4.78 is 34.5. The van der Waals surface area contributed by atoms with Gasteiger partial charge in [-0.25, -0.2) is 12.7 Å². The number of hydrogen-bond acceptors (Lipinski definition) is 5. The predicted octanol–water partition coefficient (Wildman–Crippen LogP) is 1.53. The van der Waals surface area contributed by atoms with Crippen molar-refractivity contribution >= 4 is 27.5 Å². The summed E-state index contributed by atoms with van der Waals surface area (Å²) in [6.07, 6.45) is 0.440. The van der Waals surface area contributed by atoms with Crippen molar-refractivity contribution in [2.75, 3.05) is 26.5 Å². The number of rotatable bonds is 3. The summed E-state index contributed by atoms with van der Waals surface area (Å²) in [7, 11) is -0.675. The largest absolute Gasteiger partial charge is 0.493 e. The van der Waals surface area contributed by atoms with Crippen LogP contribution in [0.2, 0.25) is 5.02 Å². The van der Waals surface area contributed by atoms with Gasteiger partial charge in [-0.15, -0.1) is 0 Å². The fraction of sp³-hybridized carbons (Fsp3) is 0.417. The van der Waals surface area contributed by atoms with Crippen molar-refractivity contribution in [1.29, 1.82) is 0 Å². The van der Waals surface area contributed by atoms with E-state index in [2.05, 4.69) is 0 Å². The van der Waals surface area contributed by atoms with Crippen LogP contribution in [-0.2, 0) is 10.0 Å². The average molecular weight is 320 g/mol. The lowest BCUT2D eigenvalue weighted by molar-refractivity contribution is 0.0869. The first-order valence-corrected chi connectivity index (χ1v) is 7.85. The molecule has 0 unspecified atom stereocenters. The Balaban J connectivity index is 2.43. The van der Waals surface area contributed by atoms with Gasteiger partial charge in [0.2, 0.25) is 10.0 Å². The van der Waals surface area contributed by atoms with E-state index in [1.54, 1.807) is 0 Å². The zero-order valence-corrected chi connectivity index (χ0v) is 12.6. The minimum Gasteiger partial charge on any atom is -0.493 e. The minimum absolute atomic E-state index is 0.0141. The molecule has 6 nitrogen and oxygen atoms in total. The number of sulfonamides is 1. The first-order valence-electron chi connectivity index (χ1n) is 5.87. The number of halogens is 1. The van der Waals surface area contributed by atoms with Gasteiger partial charge < -0.3 is 9.47 Å². The van der Waals surface area contributed by atoms with Crippen LogP contribution in [0.1, 0.15) is 16.8 Å². The maximum atomic E-state index is 12.3. The van der Waals surface area contributed by atoms with Crippen LogP contribution in [0, 0.1) is 0 Å². The second-order valence-corrected chi connectivity index (χ2v) is 6.66. The molecule has 0 bridgehead atoms. The lowest BCUT2D eigenvalue weighted by Crippen LogP contribution is -2.32. The molecule has 0 spiro atoms. The molecule has 110 valence electrons. The molecule has 0 N–H and O–H groups in total. The van der Waals surface area contributed by atoms with Gasteiger partial charge in [0.1, 0.15) is 0 Å². The van der Waals surface area contributed by atoms with Gasteiger partial charge in [0, 0.05) is 12.1 Å². The van der Waals surface area contributed by atoms with Gasteiger partial charge >= 0.3 is 0 Å². The molecule has 0 aliphatic carbocycles. The molecule has 1 aromatic carbocycles. The van der Waals surface area contributed by atoms with Gasteiger partial charge in [0.05, 0.1) is 25.0 Å². The number of carbonyl (C=O) groups excluding carboxylic acids is 1. The number of ether oxygens (including phenoxy) is 2. The Morgan fingerprint density at radius 3 is 2.50 bits per heavy atom. The van der Waals surface area contributed by atoms with Crippen molar-refractivity contribution in [2.45, 2.75) is 6.42 Å². The monoisotopic (exact) mass is 319 g/mol. The second-order valence-electron chi connectivity index (χ2n) is 4.24. The zero-order chi connectivity index (χ0) is 14.9. The maximum absolute atomic E-state index is 12.3. The summed E-state index contributed by atoms with van der Waals surface area (Å²) in [5.41, 5.74) is 0.151. The van der Waals surface area contributed by atoms with E-state index in [1.165, 1.54) is 26.4 Å². The third kappa shape index (κ3) is 2.55. The molecule has 0 atom stereocenters. The Morgan fingerprint density at radius 1 is 1.30 bits per heavy atom. The van der Waals surface area contributed by atoms with E-state index in [0.717, 1.165) is 4.31 Å². The van der Waals surface area contributed by atoms with Gasteiger partial charge in [0.15, 0.2) is 11.5 Å². The Labute approximate surface area is 122 Å². The number of nitrogens with zero attached hydrogens (tertiary/aromatic N) is 1. The highest BCUT2D eigenvalue weighted by atomic mass is 35.5. The van der Waals surface area contributed by atoms with E-state index in [1.807, 2.05) is 0 Å². The molecule has 0 radical (unpaired) electrons. The van der Waals surface area contributed by atoms with Gasteiger partial charge in [-0.05, 0) is 18.6 Å². The summed E-state index contributed by atoms with van der Waals surface area (Å²) in [6, 6.07) is 2.79. The quantitative estimate of drug-likeness (QED) is 0.845. The molecule has 0 aromatic heterocycles. The lowest BCUT2D eigenvalue weighted by atomic mass is 10.2. The van der Waals surface area contributed by atoms with Crippen molar-refractivity contribution in [3.63, 3.8) is 0 Å². The van der Waals surface area contributed by atoms with Crippen LogP contribution in [0.3, 0.4) is 0 Å². The molecule has 8 heteroatoms. The van der Waals surface area contributed by atoms with Gasteiger partial charge in [-0.3, -0.25) is 4.79 Å². The minimum atomic E-state index is -3.51. The van der Waals surface area contributed by atoms with Crippen LogP contribution < -0.4 is 9.47 Å². The molecule has 1 amide bonds. The predicted molar refractivity (Wildman–Crippen MR) is 74.0 cm³/mol. The Kier molecular flexibility index (Phi) is 4.10. The van der Waals surface area contributed by atoms with Crippen LogP contribution in [0.25, 0.3) is 0 Å². The summed E-state index contributed by atoms with van der Waals surface area (Å²) in [6.45, 7) is 0.188. The van der Waals surface area contributed by atoms with Crippen molar-refractivity contribution in [1.82, 2.24) is 4.31 Å². The number of methoxy groups -OCH3 is 2. The smallest absolute Gasteiger partial charge is 0.267 e. The molecule has 1 saturated heterocycles. The van der Waals surface area contributed by atoms with Crippen molar-refractivity contribution < 1.29 is 22.7 Å². The summed E-state index contributed by atoms with van der Waals surface area (Å²) in [5, 5.41) is 0.187. The van der Waals surface area contributed by atoms with Crippen molar-refractivity contribution in [2.24, 2.45) is 0 Å². The van der Waals surface area contributed by atoms with Crippen molar-refractivity contribution in [3.05, 3.63) is 22.7 Å². The normalized spacial score (nSPS) is 17.1. The third-order valence-corrected chi connectivity index (χ3v) is 5.11. The standard InChI is InChI=1S/C12H14ClNO5S/c1-18-10-7-8(6-9(13)11(10)19-2)12(15)14-4-3-5-20(14,16)17/h6-7H,3-5H2,1-2H3. The molecule has 1 aromatic rings. The van der Waals surface area contributed by atoms with Gasteiger partial charge in [-0.1, -0.05) is 11.6 Å². The first kappa shape index (κ1) is 14.9. The number of hydrogen-bond donors (Lipinski definition) is 0. The molecular formula is C12H14ClNO5S. The number of carbonyl (C=O) groups is 1. The van der Waals surface area contributed by atoms with Gasteiger partial charge in [-0.2, -0.15) is 0 Å². The van der Waals surface area contributed by atoms with E-state index < -0.39 is 15.9 Å². The van der Waals surface area contributed by atoms with Crippen molar-refractivity contribution in [3.8, 4) is 11.5 Å². The summed E-state index contributed by atoms with van der Waals surface area (Å²) in [4.78, 5) is 12.3. The Hall–Kier alpha value is -1.47. The van der Waals surface area contributed by atoms with E-state index in [4.69, 9.17) is 21.1 Å². The van der Waals surface area contributed by atoms with E-state index >= 15 is 0 Å². The highest BCUT2D eigenvalue weighted by molar-refractivity contribution is 7.89.